The van der Waals surface area contributed by atoms with E-state index < -0.39 is 0 Å². The summed E-state index contributed by atoms with van der Waals surface area (Å²) in [5.74, 6) is 0. The third-order valence-electron chi connectivity index (χ3n) is 3.08. The predicted molar refractivity (Wildman–Crippen MR) is 69.2 cm³/mol. The van der Waals surface area contributed by atoms with Gasteiger partial charge in [0.15, 0.2) is 0 Å². The second kappa shape index (κ2) is 6.22. The van der Waals surface area contributed by atoms with Crippen molar-refractivity contribution in [3.63, 3.8) is 0 Å². The highest BCUT2D eigenvalue weighted by atomic mass is 15.2. The summed E-state index contributed by atoms with van der Waals surface area (Å²) in [5, 5.41) is 12.3. The van der Waals surface area contributed by atoms with Gasteiger partial charge in [0.1, 0.15) is 6.04 Å². The maximum atomic E-state index is 9.07. The largest absolute Gasteiger partial charge is 0.301 e. The molecule has 94 valence electrons. The fourth-order valence-corrected chi connectivity index (χ4v) is 1.64. The minimum Gasteiger partial charge on any atom is -0.301 e. The Labute approximate surface area is 101 Å². The summed E-state index contributed by atoms with van der Waals surface area (Å²) in [7, 11) is 2.09. The lowest BCUT2D eigenvalue weighted by Crippen LogP contribution is -2.47. The highest BCUT2D eigenvalue weighted by Crippen LogP contribution is 2.22. The number of likely N-dealkylation sites (N-methyl/N-ethyl adjacent to an activating group) is 1. The van der Waals surface area contributed by atoms with Crippen LogP contribution in [0.2, 0.25) is 0 Å². The lowest BCUT2D eigenvalue weighted by molar-refractivity contribution is 0.134. The van der Waals surface area contributed by atoms with Crippen LogP contribution in [-0.2, 0) is 0 Å². The van der Waals surface area contributed by atoms with Crippen LogP contribution in [0.4, 0.5) is 0 Å². The van der Waals surface area contributed by atoms with E-state index in [0.717, 1.165) is 6.54 Å². The molecule has 2 unspecified atom stereocenters. The number of nitrogens with one attached hydrogen (secondary N) is 1. The van der Waals surface area contributed by atoms with Crippen LogP contribution < -0.4 is 5.32 Å². The molecule has 2 atom stereocenters. The monoisotopic (exact) mass is 225 g/mol. The zero-order valence-corrected chi connectivity index (χ0v) is 11.8. The van der Waals surface area contributed by atoms with E-state index in [2.05, 4.69) is 64.9 Å². The van der Waals surface area contributed by atoms with E-state index in [9.17, 15) is 0 Å². The van der Waals surface area contributed by atoms with E-state index >= 15 is 0 Å². The molecule has 0 bridgehead atoms. The molecule has 1 N–H and O–H groups in total. The van der Waals surface area contributed by atoms with Crippen LogP contribution in [0, 0.1) is 16.7 Å². The summed E-state index contributed by atoms with van der Waals surface area (Å²) in [6.45, 7) is 13.8. The topological polar surface area (TPSA) is 39.1 Å². The molecule has 0 rings (SSSR count). The Kier molecular flexibility index (Phi) is 5.99. The van der Waals surface area contributed by atoms with Gasteiger partial charge in [-0.15, -0.1) is 0 Å². The molecule has 0 fully saturated rings. The second-order valence-electron chi connectivity index (χ2n) is 5.98. The molecule has 0 amide bonds. The Morgan fingerprint density at radius 3 is 2.06 bits per heavy atom. The van der Waals surface area contributed by atoms with Gasteiger partial charge in [-0.2, -0.15) is 5.26 Å². The van der Waals surface area contributed by atoms with E-state index in [1.165, 1.54) is 0 Å². The molecular weight excluding hydrogens is 198 g/mol. The highest BCUT2D eigenvalue weighted by Gasteiger charge is 2.25. The summed E-state index contributed by atoms with van der Waals surface area (Å²) in [4.78, 5) is 2.25. The quantitative estimate of drug-likeness (QED) is 0.780. The van der Waals surface area contributed by atoms with Gasteiger partial charge in [0.25, 0.3) is 0 Å². The van der Waals surface area contributed by atoms with Gasteiger partial charge in [-0.25, -0.2) is 0 Å². The lowest BCUT2D eigenvalue weighted by Gasteiger charge is -2.36. The number of nitrogens with zero attached hydrogens (tertiary/aromatic N) is 2. The fourth-order valence-electron chi connectivity index (χ4n) is 1.64. The molecule has 0 saturated carbocycles. The molecule has 0 aliphatic heterocycles. The van der Waals surface area contributed by atoms with E-state index in [1.54, 1.807) is 0 Å². The van der Waals surface area contributed by atoms with Gasteiger partial charge in [-0.1, -0.05) is 20.8 Å². The van der Waals surface area contributed by atoms with Gasteiger partial charge in [0.05, 0.1) is 6.07 Å². The first-order valence-electron chi connectivity index (χ1n) is 6.04. The van der Waals surface area contributed by atoms with Gasteiger partial charge in [-0.3, -0.25) is 5.32 Å². The van der Waals surface area contributed by atoms with Crippen LogP contribution >= 0.6 is 0 Å². The molecule has 3 nitrogen and oxygen atoms in total. The van der Waals surface area contributed by atoms with Crippen LogP contribution in [0.15, 0.2) is 0 Å². The van der Waals surface area contributed by atoms with Crippen LogP contribution in [-0.4, -0.2) is 36.6 Å². The Bertz CT molecular complexity index is 235. The zero-order chi connectivity index (χ0) is 12.9. The standard InChI is InChI=1S/C13H27N3/c1-10(2)15-12(8-14)9-16(7)11(3)13(4,5)6/h10-12,15H,9H2,1-7H3. The van der Waals surface area contributed by atoms with Gasteiger partial charge in [0, 0.05) is 18.6 Å². The van der Waals surface area contributed by atoms with E-state index in [-0.39, 0.29) is 11.5 Å². The molecule has 16 heavy (non-hydrogen) atoms. The lowest BCUT2D eigenvalue weighted by atomic mass is 9.87. The first-order valence-corrected chi connectivity index (χ1v) is 6.04. The van der Waals surface area contributed by atoms with Crippen molar-refractivity contribution in [3.8, 4) is 6.07 Å². The number of hydrogen-bond acceptors (Lipinski definition) is 3. The normalized spacial score (nSPS) is 16.2. The summed E-state index contributed by atoms with van der Waals surface area (Å²) in [5.41, 5.74) is 0.243. The van der Waals surface area contributed by atoms with Crippen LogP contribution in [0.3, 0.4) is 0 Å². The first-order chi connectivity index (χ1) is 7.18. The first kappa shape index (κ1) is 15.4. The van der Waals surface area contributed by atoms with Crippen molar-refractivity contribution in [2.75, 3.05) is 13.6 Å². The Hall–Kier alpha value is -0.590. The van der Waals surface area contributed by atoms with Crippen molar-refractivity contribution < 1.29 is 0 Å². The van der Waals surface area contributed by atoms with Gasteiger partial charge >= 0.3 is 0 Å². The second-order valence-corrected chi connectivity index (χ2v) is 5.98. The van der Waals surface area contributed by atoms with Crippen LogP contribution in [0.25, 0.3) is 0 Å². The third-order valence-corrected chi connectivity index (χ3v) is 3.08. The summed E-state index contributed by atoms with van der Waals surface area (Å²) >= 11 is 0. The Morgan fingerprint density at radius 2 is 1.75 bits per heavy atom. The maximum Gasteiger partial charge on any atom is 0.108 e. The number of rotatable bonds is 5. The molecule has 0 radical (unpaired) electrons. The molecule has 0 spiro atoms. The molecule has 0 aliphatic rings. The fraction of sp³-hybridized carbons (Fsp3) is 0.923. The summed E-state index contributed by atoms with van der Waals surface area (Å²) in [6.07, 6.45) is 0. The van der Waals surface area contributed by atoms with Crippen molar-refractivity contribution >= 4 is 0 Å². The molecule has 0 heterocycles. The third kappa shape index (κ3) is 5.48. The minimum absolute atomic E-state index is 0.0881. The Balaban J connectivity index is 4.32. The van der Waals surface area contributed by atoms with E-state index in [1.807, 2.05) is 0 Å². The van der Waals surface area contributed by atoms with Crippen molar-refractivity contribution in [1.82, 2.24) is 10.2 Å². The smallest absolute Gasteiger partial charge is 0.108 e. The number of hydrogen-bond donors (Lipinski definition) is 1. The summed E-state index contributed by atoms with van der Waals surface area (Å²) < 4.78 is 0. The van der Waals surface area contributed by atoms with Gasteiger partial charge in [-0.05, 0) is 33.2 Å². The van der Waals surface area contributed by atoms with Crippen molar-refractivity contribution in [3.05, 3.63) is 0 Å². The molecule has 0 saturated heterocycles. The molecule has 0 aromatic rings. The average molecular weight is 225 g/mol. The van der Waals surface area contributed by atoms with Crippen molar-refractivity contribution in [2.24, 2.45) is 5.41 Å². The van der Waals surface area contributed by atoms with Crippen LogP contribution in [0.5, 0.6) is 0 Å². The summed E-state index contributed by atoms with van der Waals surface area (Å²) in [6, 6.07) is 3.04. The van der Waals surface area contributed by atoms with Gasteiger partial charge in [0.2, 0.25) is 0 Å². The van der Waals surface area contributed by atoms with Gasteiger partial charge < -0.3 is 4.90 Å². The molecule has 0 aromatic carbocycles. The molecular formula is C13H27N3. The molecule has 3 heteroatoms. The number of nitriles is 1. The molecule has 0 aliphatic carbocycles. The Morgan fingerprint density at radius 1 is 1.25 bits per heavy atom. The average Bonchev–Trinajstić information content (AvgIpc) is 2.13. The zero-order valence-electron chi connectivity index (χ0n) is 11.8. The minimum atomic E-state index is -0.0881. The highest BCUT2D eigenvalue weighted by molar-refractivity contribution is 4.94. The van der Waals surface area contributed by atoms with E-state index in [4.69, 9.17) is 5.26 Å². The van der Waals surface area contributed by atoms with Crippen LogP contribution in [0.1, 0.15) is 41.5 Å². The van der Waals surface area contributed by atoms with E-state index in [0.29, 0.717) is 12.1 Å². The molecule has 0 aromatic heterocycles. The predicted octanol–water partition coefficient (Wildman–Crippen LogP) is 2.24. The SMILES string of the molecule is CC(C)NC(C#N)CN(C)C(C)C(C)(C)C. The maximum absolute atomic E-state index is 9.07. The van der Waals surface area contributed by atoms with Crippen molar-refractivity contribution in [1.29, 1.82) is 5.26 Å². The van der Waals surface area contributed by atoms with Crippen molar-refractivity contribution in [2.45, 2.75) is 59.7 Å².